The van der Waals surface area contributed by atoms with Gasteiger partial charge in [0, 0.05) is 20.1 Å². The minimum atomic E-state index is 0.774. The minimum absolute atomic E-state index is 0.774. The van der Waals surface area contributed by atoms with Crippen molar-refractivity contribution in [2.45, 2.75) is 32.6 Å². The highest BCUT2D eigenvalue weighted by atomic mass is 15.2. The van der Waals surface area contributed by atoms with Gasteiger partial charge in [-0.1, -0.05) is 37.3 Å². The number of rotatable bonds is 7. The van der Waals surface area contributed by atoms with E-state index in [-0.39, 0.29) is 0 Å². The van der Waals surface area contributed by atoms with Crippen LogP contribution in [0.2, 0.25) is 0 Å². The molecule has 4 nitrogen and oxygen atoms in total. The van der Waals surface area contributed by atoms with Gasteiger partial charge in [-0.15, -0.1) is 0 Å². The molecule has 1 aromatic carbocycles. The molecular weight excluding hydrogens is 284 g/mol. The van der Waals surface area contributed by atoms with E-state index in [2.05, 4.69) is 57.8 Å². The highest BCUT2D eigenvalue weighted by Crippen LogP contribution is 2.16. The lowest BCUT2D eigenvalue weighted by atomic mass is 9.97. The molecule has 0 unspecified atom stereocenters. The third kappa shape index (κ3) is 6.61. The van der Waals surface area contributed by atoms with Crippen LogP contribution in [0.25, 0.3) is 0 Å². The van der Waals surface area contributed by atoms with Gasteiger partial charge in [0.1, 0.15) is 0 Å². The Morgan fingerprint density at radius 1 is 1.17 bits per heavy atom. The van der Waals surface area contributed by atoms with Gasteiger partial charge in [-0.2, -0.15) is 0 Å². The van der Waals surface area contributed by atoms with Crippen molar-refractivity contribution in [2.75, 3.05) is 39.8 Å². The smallest absolute Gasteiger partial charge is 0.190 e. The van der Waals surface area contributed by atoms with Crippen LogP contribution in [0.3, 0.4) is 0 Å². The van der Waals surface area contributed by atoms with Crippen molar-refractivity contribution in [1.82, 2.24) is 15.5 Å². The van der Waals surface area contributed by atoms with Crippen molar-refractivity contribution in [3.05, 3.63) is 35.9 Å². The minimum Gasteiger partial charge on any atom is -0.356 e. The summed E-state index contributed by atoms with van der Waals surface area (Å²) in [6.07, 6.45) is 4.89. The summed E-state index contributed by atoms with van der Waals surface area (Å²) in [5, 5.41) is 6.91. The summed E-state index contributed by atoms with van der Waals surface area (Å²) in [5.41, 5.74) is 1.36. The molecule has 0 radical (unpaired) electrons. The second-order valence-corrected chi connectivity index (χ2v) is 6.40. The van der Waals surface area contributed by atoms with Crippen LogP contribution in [0, 0.1) is 5.92 Å². The molecule has 0 amide bonds. The van der Waals surface area contributed by atoms with Gasteiger partial charge in [-0.05, 0) is 56.8 Å². The number of benzene rings is 1. The highest BCUT2D eigenvalue weighted by molar-refractivity contribution is 5.79. The van der Waals surface area contributed by atoms with Crippen molar-refractivity contribution in [1.29, 1.82) is 0 Å². The molecule has 1 aliphatic heterocycles. The molecule has 1 heterocycles. The summed E-state index contributed by atoms with van der Waals surface area (Å²) in [5.74, 6) is 1.70. The van der Waals surface area contributed by atoms with Gasteiger partial charge in [0.05, 0.1) is 0 Å². The molecule has 4 heteroatoms. The van der Waals surface area contributed by atoms with Crippen molar-refractivity contribution in [2.24, 2.45) is 10.9 Å². The second-order valence-electron chi connectivity index (χ2n) is 6.40. The van der Waals surface area contributed by atoms with Crippen LogP contribution in [-0.4, -0.2) is 50.6 Å². The fourth-order valence-corrected chi connectivity index (χ4v) is 3.16. The molecule has 2 N–H and O–H groups in total. The van der Waals surface area contributed by atoms with Crippen LogP contribution >= 0.6 is 0 Å². The molecule has 0 bridgehead atoms. The van der Waals surface area contributed by atoms with Crippen LogP contribution in [0.15, 0.2) is 35.3 Å². The van der Waals surface area contributed by atoms with E-state index < -0.39 is 0 Å². The largest absolute Gasteiger partial charge is 0.356 e. The second kappa shape index (κ2) is 10.3. The van der Waals surface area contributed by atoms with E-state index in [0.717, 1.165) is 31.4 Å². The average Bonchev–Trinajstić information content (AvgIpc) is 2.60. The van der Waals surface area contributed by atoms with E-state index in [1.54, 1.807) is 0 Å². The maximum atomic E-state index is 4.33. The lowest BCUT2D eigenvalue weighted by molar-refractivity contribution is 0.185. The number of nitrogens with one attached hydrogen (secondary N) is 2. The third-order valence-corrected chi connectivity index (χ3v) is 4.58. The summed E-state index contributed by atoms with van der Waals surface area (Å²) in [6.45, 7) is 7.96. The summed E-state index contributed by atoms with van der Waals surface area (Å²) in [6, 6.07) is 10.6. The van der Waals surface area contributed by atoms with Gasteiger partial charge in [0.25, 0.3) is 0 Å². The van der Waals surface area contributed by atoms with Crippen LogP contribution in [0.1, 0.15) is 31.7 Å². The van der Waals surface area contributed by atoms with Gasteiger partial charge in [-0.3, -0.25) is 4.99 Å². The highest BCUT2D eigenvalue weighted by Gasteiger charge is 2.18. The Balaban J connectivity index is 1.62. The Kier molecular flexibility index (Phi) is 7.95. The predicted molar refractivity (Wildman–Crippen MR) is 99.0 cm³/mol. The van der Waals surface area contributed by atoms with E-state index in [0.29, 0.717) is 0 Å². The first kappa shape index (κ1) is 17.8. The first-order valence-corrected chi connectivity index (χ1v) is 9.02. The number of hydrogen-bond donors (Lipinski definition) is 2. The number of piperidine rings is 1. The topological polar surface area (TPSA) is 39.7 Å². The van der Waals surface area contributed by atoms with Crippen molar-refractivity contribution in [3.8, 4) is 0 Å². The normalized spacial score (nSPS) is 17.2. The molecule has 0 aromatic heterocycles. The van der Waals surface area contributed by atoms with Crippen LogP contribution in [0.5, 0.6) is 0 Å². The number of hydrogen-bond acceptors (Lipinski definition) is 2. The average molecular weight is 316 g/mol. The molecule has 128 valence electrons. The lowest BCUT2D eigenvalue weighted by Crippen LogP contribution is -2.43. The quantitative estimate of drug-likeness (QED) is 0.600. The van der Waals surface area contributed by atoms with Gasteiger partial charge in [0.2, 0.25) is 0 Å². The van der Waals surface area contributed by atoms with Crippen LogP contribution in [-0.2, 0) is 6.42 Å². The zero-order valence-corrected chi connectivity index (χ0v) is 14.7. The monoisotopic (exact) mass is 316 g/mol. The first-order valence-electron chi connectivity index (χ1n) is 9.02. The summed E-state index contributed by atoms with van der Waals surface area (Å²) in [7, 11) is 1.85. The fourth-order valence-electron chi connectivity index (χ4n) is 3.16. The molecule has 0 saturated carbocycles. The van der Waals surface area contributed by atoms with Gasteiger partial charge in [-0.25, -0.2) is 0 Å². The van der Waals surface area contributed by atoms with E-state index in [1.165, 1.54) is 44.5 Å². The standard InChI is InChI=1S/C19H32N4/c1-3-13-23-14-10-18(11-15-23)16-22-19(20-2)21-12-9-17-7-5-4-6-8-17/h4-8,18H,3,9-16H2,1-2H3,(H2,20,21,22). The van der Waals surface area contributed by atoms with E-state index in [9.17, 15) is 0 Å². The fraction of sp³-hybridized carbons (Fsp3) is 0.632. The van der Waals surface area contributed by atoms with Crippen molar-refractivity contribution >= 4 is 5.96 Å². The van der Waals surface area contributed by atoms with E-state index >= 15 is 0 Å². The molecule has 2 rings (SSSR count). The molecule has 1 saturated heterocycles. The van der Waals surface area contributed by atoms with Crippen LogP contribution in [0.4, 0.5) is 0 Å². The van der Waals surface area contributed by atoms with Crippen molar-refractivity contribution in [3.63, 3.8) is 0 Å². The Morgan fingerprint density at radius 2 is 1.91 bits per heavy atom. The first-order chi connectivity index (χ1) is 11.3. The lowest BCUT2D eigenvalue weighted by Gasteiger charge is -2.32. The number of aliphatic imine (C=N–C) groups is 1. The Morgan fingerprint density at radius 3 is 2.57 bits per heavy atom. The Hall–Kier alpha value is -1.55. The predicted octanol–water partition coefficient (Wildman–Crippen LogP) is 2.52. The molecule has 0 aliphatic carbocycles. The molecule has 1 aromatic rings. The van der Waals surface area contributed by atoms with Crippen molar-refractivity contribution < 1.29 is 0 Å². The third-order valence-electron chi connectivity index (χ3n) is 4.58. The maximum absolute atomic E-state index is 4.33. The molecule has 0 atom stereocenters. The summed E-state index contributed by atoms with van der Waals surface area (Å²) < 4.78 is 0. The zero-order chi connectivity index (χ0) is 16.3. The van der Waals surface area contributed by atoms with E-state index in [4.69, 9.17) is 0 Å². The Labute approximate surface area is 141 Å². The molecular formula is C19H32N4. The molecule has 1 fully saturated rings. The maximum Gasteiger partial charge on any atom is 0.190 e. The zero-order valence-electron chi connectivity index (χ0n) is 14.7. The Bertz CT molecular complexity index is 450. The van der Waals surface area contributed by atoms with Gasteiger partial charge in [0.15, 0.2) is 5.96 Å². The number of nitrogens with zero attached hydrogens (tertiary/aromatic N) is 2. The summed E-state index contributed by atoms with van der Waals surface area (Å²) in [4.78, 5) is 6.92. The van der Waals surface area contributed by atoms with Gasteiger partial charge < -0.3 is 15.5 Å². The SMILES string of the molecule is CCCN1CCC(CNC(=NC)NCCc2ccccc2)CC1. The van der Waals surface area contributed by atoms with E-state index in [1.807, 2.05) is 7.05 Å². The van der Waals surface area contributed by atoms with Crippen LogP contribution < -0.4 is 10.6 Å². The number of guanidine groups is 1. The molecule has 1 aliphatic rings. The van der Waals surface area contributed by atoms with Gasteiger partial charge >= 0.3 is 0 Å². The summed E-state index contributed by atoms with van der Waals surface area (Å²) >= 11 is 0. The number of likely N-dealkylation sites (tertiary alicyclic amines) is 1. The molecule has 23 heavy (non-hydrogen) atoms. The molecule has 0 spiro atoms.